The lowest BCUT2D eigenvalue weighted by Gasteiger charge is -2.01. The number of aromatic nitrogens is 1. The van der Waals surface area contributed by atoms with Crippen molar-refractivity contribution < 1.29 is 9.53 Å². The average molecular weight is 262 g/mol. The van der Waals surface area contributed by atoms with E-state index in [1.807, 2.05) is 30.3 Å². The van der Waals surface area contributed by atoms with Crippen LogP contribution in [0.25, 0.3) is 0 Å². The van der Waals surface area contributed by atoms with Crippen molar-refractivity contribution >= 4 is 17.2 Å². The van der Waals surface area contributed by atoms with Gasteiger partial charge in [-0.05, 0) is 5.56 Å². The second-order valence-electron chi connectivity index (χ2n) is 3.51. The number of hydrogen-bond acceptors (Lipinski definition) is 5. The van der Waals surface area contributed by atoms with Gasteiger partial charge in [-0.15, -0.1) is 16.2 Å². The average Bonchev–Trinajstić information content (AvgIpc) is 2.88. The summed E-state index contributed by atoms with van der Waals surface area (Å²) in [5.74, 6) is -0.839. The van der Waals surface area contributed by atoms with Gasteiger partial charge in [0.1, 0.15) is 0 Å². The molecule has 0 saturated carbocycles. The molecule has 0 spiro atoms. The van der Waals surface area contributed by atoms with E-state index in [1.165, 1.54) is 6.20 Å². The van der Waals surface area contributed by atoms with E-state index in [4.69, 9.17) is 4.74 Å². The van der Waals surface area contributed by atoms with Gasteiger partial charge in [0.2, 0.25) is 0 Å². The highest BCUT2D eigenvalue weighted by Crippen LogP contribution is 2.15. The van der Waals surface area contributed by atoms with Crippen molar-refractivity contribution in [3.05, 3.63) is 56.9 Å². The van der Waals surface area contributed by atoms with Crippen LogP contribution in [0.1, 0.15) is 20.2 Å². The minimum Gasteiger partial charge on any atom is -0.371 e. The second kappa shape index (κ2) is 6.13. The Morgan fingerprint density at radius 3 is 2.78 bits per heavy atom. The largest absolute Gasteiger partial charge is 0.371 e. The summed E-state index contributed by atoms with van der Waals surface area (Å²) in [5.41, 5.74) is 1.08. The third kappa shape index (κ3) is 3.28. The summed E-state index contributed by atoms with van der Waals surface area (Å²) in [6.07, 6.45) is 1.52. The molecule has 1 amide bonds. The van der Waals surface area contributed by atoms with Crippen molar-refractivity contribution in [2.75, 3.05) is 0 Å². The Balaban J connectivity index is 1.85. The Labute approximate surface area is 107 Å². The third-order valence-corrected chi connectivity index (χ3v) is 3.13. The lowest BCUT2D eigenvalue weighted by atomic mass is 10.2. The van der Waals surface area contributed by atoms with E-state index in [1.54, 1.807) is 0 Å². The zero-order valence-corrected chi connectivity index (χ0v) is 10.2. The molecular formula is C12H10N2O3S. The zero-order valence-electron chi connectivity index (χ0n) is 9.41. The van der Waals surface area contributed by atoms with Crippen LogP contribution in [0.3, 0.4) is 0 Å². The fraction of sp³-hybridized carbons (Fsp3) is 0.167. The van der Waals surface area contributed by atoms with Crippen molar-refractivity contribution in [2.45, 2.75) is 13.2 Å². The maximum atomic E-state index is 10.9. The fourth-order valence-corrected chi connectivity index (χ4v) is 2.08. The molecule has 0 radical (unpaired) electrons. The summed E-state index contributed by atoms with van der Waals surface area (Å²) >= 11 is 1.12. The number of hydrogen-bond donors (Lipinski definition) is 0. The summed E-state index contributed by atoms with van der Waals surface area (Å²) in [6, 6.07) is 9.77. The van der Waals surface area contributed by atoms with Crippen LogP contribution in [-0.2, 0) is 18.0 Å². The monoisotopic (exact) mass is 262 g/mol. The Morgan fingerprint density at radius 2 is 2.06 bits per heavy atom. The van der Waals surface area contributed by atoms with E-state index < -0.39 is 5.91 Å². The summed E-state index contributed by atoms with van der Waals surface area (Å²) in [6.45, 7) is 0.854. The van der Waals surface area contributed by atoms with Gasteiger partial charge in [-0.2, -0.15) is 0 Å². The molecule has 0 aliphatic carbocycles. The molecule has 5 nitrogen and oxygen atoms in total. The van der Waals surface area contributed by atoms with Crippen LogP contribution in [0.15, 0.2) is 41.7 Å². The summed E-state index contributed by atoms with van der Waals surface area (Å²) in [5, 5.41) is 2.42. The normalized spacial score (nSPS) is 10.2. The first kappa shape index (κ1) is 12.5. The summed E-state index contributed by atoms with van der Waals surface area (Å²) in [7, 11) is 0. The van der Waals surface area contributed by atoms with Crippen LogP contribution in [0, 0.1) is 4.91 Å². The van der Waals surface area contributed by atoms with Crippen LogP contribution in [0.5, 0.6) is 0 Å². The van der Waals surface area contributed by atoms with Gasteiger partial charge in [0, 0.05) is 11.4 Å². The van der Waals surface area contributed by atoms with Gasteiger partial charge in [-0.1, -0.05) is 30.3 Å². The van der Waals surface area contributed by atoms with E-state index in [0.717, 1.165) is 21.8 Å². The maximum absolute atomic E-state index is 10.9. The molecule has 1 heterocycles. The standard InChI is InChI=1S/C12H10N2O3S/c15-11(14-16)12-13-6-10(18-12)8-17-7-9-4-2-1-3-5-9/h1-6H,7-8H2. The van der Waals surface area contributed by atoms with Gasteiger partial charge >= 0.3 is 5.91 Å². The lowest BCUT2D eigenvalue weighted by Crippen LogP contribution is -1.91. The number of carbonyl (C=O) groups is 1. The number of ether oxygens (including phenoxy) is 1. The molecule has 0 aliphatic rings. The van der Waals surface area contributed by atoms with Crippen LogP contribution in [0.4, 0.5) is 0 Å². The number of amides is 1. The van der Waals surface area contributed by atoms with Crippen LogP contribution < -0.4 is 0 Å². The highest BCUT2D eigenvalue weighted by atomic mass is 32.1. The molecule has 6 heteroatoms. The third-order valence-electron chi connectivity index (χ3n) is 2.18. The van der Waals surface area contributed by atoms with E-state index >= 15 is 0 Å². The molecule has 0 bridgehead atoms. The minimum atomic E-state index is -0.839. The van der Waals surface area contributed by atoms with E-state index in [2.05, 4.69) is 10.2 Å². The molecule has 0 aliphatic heterocycles. The lowest BCUT2D eigenvalue weighted by molar-refractivity contribution is 0.100. The number of carbonyl (C=O) groups excluding carboxylic acids is 1. The number of nitrogens with zero attached hydrogens (tertiary/aromatic N) is 2. The van der Waals surface area contributed by atoms with Gasteiger partial charge in [0.05, 0.1) is 18.1 Å². The quantitative estimate of drug-likeness (QED) is 0.777. The van der Waals surface area contributed by atoms with Gasteiger partial charge in [-0.3, -0.25) is 4.79 Å². The SMILES string of the molecule is O=NC(=O)c1ncc(COCc2ccccc2)s1. The van der Waals surface area contributed by atoms with Gasteiger partial charge in [0.15, 0.2) is 5.01 Å². The molecule has 0 atom stereocenters. The number of nitroso groups, excluding NO2 is 1. The number of rotatable bonds is 5. The van der Waals surface area contributed by atoms with Crippen molar-refractivity contribution in [3.63, 3.8) is 0 Å². The predicted octanol–water partition coefficient (Wildman–Crippen LogP) is 2.77. The predicted molar refractivity (Wildman–Crippen MR) is 67.2 cm³/mol. The van der Waals surface area contributed by atoms with Crippen molar-refractivity contribution in [1.82, 2.24) is 4.98 Å². The topological polar surface area (TPSA) is 68.6 Å². The smallest absolute Gasteiger partial charge is 0.345 e. The Kier molecular flexibility index (Phi) is 4.27. The van der Waals surface area contributed by atoms with Crippen LogP contribution in [-0.4, -0.2) is 10.9 Å². The molecule has 0 N–H and O–H groups in total. The first-order valence-electron chi connectivity index (χ1n) is 5.23. The second-order valence-corrected chi connectivity index (χ2v) is 4.62. The molecule has 2 rings (SSSR count). The summed E-state index contributed by atoms with van der Waals surface area (Å²) in [4.78, 5) is 25.6. The number of benzene rings is 1. The van der Waals surface area contributed by atoms with E-state index in [0.29, 0.717) is 13.2 Å². The number of thiazole rings is 1. The van der Waals surface area contributed by atoms with Crippen molar-refractivity contribution in [3.8, 4) is 0 Å². The van der Waals surface area contributed by atoms with Crippen LogP contribution in [0.2, 0.25) is 0 Å². The van der Waals surface area contributed by atoms with Gasteiger partial charge < -0.3 is 4.74 Å². The molecule has 1 aromatic carbocycles. The van der Waals surface area contributed by atoms with Crippen LogP contribution >= 0.6 is 11.3 Å². The molecule has 0 unspecified atom stereocenters. The van der Waals surface area contributed by atoms with Gasteiger partial charge in [0.25, 0.3) is 0 Å². The molecular weight excluding hydrogens is 252 g/mol. The molecule has 18 heavy (non-hydrogen) atoms. The van der Waals surface area contributed by atoms with Crippen molar-refractivity contribution in [2.24, 2.45) is 5.18 Å². The van der Waals surface area contributed by atoms with Gasteiger partial charge in [-0.25, -0.2) is 4.98 Å². The van der Waals surface area contributed by atoms with E-state index in [-0.39, 0.29) is 5.01 Å². The molecule has 0 fully saturated rings. The molecule has 92 valence electrons. The highest BCUT2D eigenvalue weighted by Gasteiger charge is 2.11. The fourth-order valence-electron chi connectivity index (χ4n) is 1.36. The molecule has 0 saturated heterocycles. The Morgan fingerprint density at radius 1 is 1.28 bits per heavy atom. The Hall–Kier alpha value is -1.92. The molecule has 2 aromatic rings. The zero-order chi connectivity index (χ0) is 12.8. The Bertz CT molecular complexity index is 539. The van der Waals surface area contributed by atoms with Crippen molar-refractivity contribution in [1.29, 1.82) is 0 Å². The summed E-state index contributed by atoms with van der Waals surface area (Å²) < 4.78 is 5.48. The van der Waals surface area contributed by atoms with E-state index in [9.17, 15) is 9.70 Å². The maximum Gasteiger partial charge on any atom is 0.345 e. The molecule has 1 aromatic heterocycles. The highest BCUT2D eigenvalue weighted by molar-refractivity contribution is 7.13. The first-order chi connectivity index (χ1) is 8.79. The minimum absolute atomic E-state index is 0.100. The first-order valence-corrected chi connectivity index (χ1v) is 6.05.